The second-order valence-corrected chi connectivity index (χ2v) is 7.14. The number of imide groups is 1. The average molecular weight is 340 g/mol. The number of para-hydroxylation sites is 1. The first-order chi connectivity index (χ1) is 11.4. The largest absolute Gasteiger partial charge is 0.318 e. The molecule has 3 rings (SSSR count). The molecule has 1 fully saturated rings. The first-order valence-corrected chi connectivity index (χ1v) is 8.73. The lowest BCUT2D eigenvalue weighted by Crippen LogP contribution is -2.34. The van der Waals surface area contributed by atoms with Gasteiger partial charge >= 0.3 is 0 Å². The van der Waals surface area contributed by atoms with Crippen molar-refractivity contribution in [1.82, 2.24) is 9.47 Å². The highest BCUT2D eigenvalue weighted by molar-refractivity contribution is 8.18. The van der Waals surface area contributed by atoms with Crippen LogP contribution < -0.4 is 0 Å². The van der Waals surface area contributed by atoms with Gasteiger partial charge in [0.15, 0.2) is 0 Å². The molecule has 0 radical (unpaired) electrons. The molecule has 0 saturated carbocycles. The molecule has 1 aliphatic rings. The van der Waals surface area contributed by atoms with E-state index in [-0.39, 0.29) is 17.2 Å². The number of aryl methyl sites for hydroxylation is 1. The quantitative estimate of drug-likeness (QED) is 0.771. The van der Waals surface area contributed by atoms with E-state index in [9.17, 15) is 9.59 Å². The summed E-state index contributed by atoms with van der Waals surface area (Å²) in [5.41, 5.74) is 4.19. The summed E-state index contributed by atoms with van der Waals surface area (Å²) in [5.74, 6) is -0.204. The monoisotopic (exact) mass is 340 g/mol. The Morgan fingerprint density at radius 2 is 1.75 bits per heavy atom. The lowest BCUT2D eigenvalue weighted by Gasteiger charge is -2.16. The molecule has 0 aliphatic carbocycles. The van der Waals surface area contributed by atoms with Crippen molar-refractivity contribution < 1.29 is 9.59 Å². The highest BCUT2D eigenvalue weighted by atomic mass is 32.2. The van der Waals surface area contributed by atoms with E-state index in [0.717, 1.165) is 34.4 Å². The maximum atomic E-state index is 12.4. The third kappa shape index (κ3) is 2.80. The Balaban J connectivity index is 2.01. The van der Waals surface area contributed by atoms with Crippen LogP contribution in [0.2, 0.25) is 0 Å². The normalized spacial score (nSPS) is 16.7. The topological polar surface area (TPSA) is 42.3 Å². The Bertz CT molecular complexity index is 835. The highest BCUT2D eigenvalue weighted by Crippen LogP contribution is 2.34. The summed E-state index contributed by atoms with van der Waals surface area (Å²) in [5, 5.41) is -0.196. The fourth-order valence-electron chi connectivity index (χ4n) is 2.97. The summed E-state index contributed by atoms with van der Waals surface area (Å²) >= 11 is 1.01. The maximum Gasteiger partial charge on any atom is 0.293 e. The van der Waals surface area contributed by atoms with Gasteiger partial charge in [-0.05, 0) is 69.3 Å². The minimum atomic E-state index is -0.204. The molecule has 5 heteroatoms. The number of carbonyl (C=O) groups is 2. The number of nitrogens with zero attached hydrogens (tertiary/aromatic N) is 2. The minimum absolute atomic E-state index is 0.125. The van der Waals surface area contributed by atoms with Gasteiger partial charge in [0.1, 0.15) is 0 Å². The van der Waals surface area contributed by atoms with Crippen molar-refractivity contribution in [2.24, 2.45) is 0 Å². The van der Waals surface area contributed by atoms with Gasteiger partial charge in [-0.2, -0.15) is 0 Å². The third-order valence-electron chi connectivity index (χ3n) is 4.11. The zero-order valence-corrected chi connectivity index (χ0v) is 15.1. The molecule has 2 aromatic rings. The molecule has 4 nitrogen and oxygen atoms in total. The first kappa shape index (κ1) is 16.6. The zero-order valence-electron chi connectivity index (χ0n) is 14.2. The van der Waals surface area contributed by atoms with Crippen LogP contribution >= 0.6 is 11.8 Å². The summed E-state index contributed by atoms with van der Waals surface area (Å²) in [4.78, 5) is 26.3. The molecule has 24 heavy (non-hydrogen) atoms. The van der Waals surface area contributed by atoms with E-state index < -0.39 is 0 Å². The predicted molar refractivity (Wildman–Crippen MR) is 98.2 cm³/mol. The molecule has 0 spiro atoms. The van der Waals surface area contributed by atoms with Gasteiger partial charge in [0, 0.05) is 23.1 Å². The van der Waals surface area contributed by atoms with Crippen LogP contribution in [0.3, 0.4) is 0 Å². The Kier molecular flexibility index (Phi) is 4.37. The zero-order chi connectivity index (χ0) is 17.4. The maximum absolute atomic E-state index is 12.4. The van der Waals surface area contributed by atoms with Gasteiger partial charge in [-0.1, -0.05) is 18.2 Å². The molecule has 124 valence electrons. The average Bonchev–Trinajstić information content (AvgIpc) is 2.96. The van der Waals surface area contributed by atoms with Crippen LogP contribution in [-0.2, 0) is 4.79 Å². The fourth-order valence-corrected chi connectivity index (χ4v) is 3.93. The number of hydrogen-bond acceptors (Lipinski definition) is 3. The molecular weight excluding hydrogens is 320 g/mol. The van der Waals surface area contributed by atoms with Crippen molar-refractivity contribution in [3.05, 3.63) is 58.3 Å². The van der Waals surface area contributed by atoms with E-state index in [4.69, 9.17) is 0 Å². The van der Waals surface area contributed by atoms with E-state index in [1.807, 2.05) is 58.0 Å². The number of benzene rings is 1. The summed E-state index contributed by atoms with van der Waals surface area (Å²) in [6.45, 7) is 7.76. The predicted octanol–water partition coefficient (Wildman–Crippen LogP) is 4.54. The van der Waals surface area contributed by atoms with Crippen molar-refractivity contribution >= 4 is 29.0 Å². The van der Waals surface area contributed by atoms with Crippen molar-refractivity contribution in [3.8, 4) is 5.69 Å². The van der Waals surface area contributed by atoms with Crippen LogP contribution in [0.5, 0.6) is 0 Å². The van der Waals surface area contributed by atoms with E-state index >= 15 is 0 Å². The van der Waals surface area contributed by atoms with Gasteiger partial charge in [-0.25, -0.2) is 0 Å². The number of aromatic nitrogens is 1. The van der Waals surface area contributed by atoms with E-state index in [2.05, 4.69) is 16.7 Å². The SMILES string of the molecule is Cc1cc(/C=C2\SC(=O)N(C(C)C)C2=O)c(C)n1-c1ccccc1. The third-order valence-corrected chi connectivity index (χ3v) is 4.99. The number of hydrogen-bond donors (Lipinski definition) is 0. The lowest BCUT2D eigenvalue weighted by atomic mass is 10.2. The van der Waals surface area contributed by atoms with Gasteiger partial charge in [0.05, 0.1) is 4.91 Å². The van der Waals surface area contributed by atoms with Crippen molar-refractivity contribution in [2.45, 2.75) is 33.7 Å². The number of carbonyl (C=O) groups excluding carboxylic acids is 2. The van der Waals surface area contributed by atoms with Gasteiger partial charge < -0.3 is 4.57 Å². The molecule has 0 N–H and O–H groups in total. The Labute approximate surface area is 146 Å². The number of thioether (sulfide) groups is 1. The summed E-state index contributed by atoms with van der Waals surface area (Å²) in [6, 6.07) is 12.0. The van der Waals surface area contributed by atoms with Gasteiger partial charge in [-0.15, -0.1) is 0 Å². The van der Waals surface area contributed by atoms with E-state index in [0.29, 0.717) is 4.91 Å². The molecule has 0 unspecified atom stereocenters. The molecule has 1 aromatic carbocycles. The second-order valence-electron chi connectivity index (χ2n) is 6.14. The van der Waals surface area contributed by atoms with Crippen molar-refractivity contribution in [2.75, 3.05) is 0 Å². The Morgan fingerprint density at radius 1 is 1.08 bits per heavy atom. The van der Waals surface area contributed by atoms with Crippen molar-refractivity contribution in [1.29, 1.82) is 0 Å². The van der Waals surface area contributed by atoms with Crippen LogP contribution in [0.15, 0.2) is 41.3 Å². The summed E-state index contributed by atoms with van der Waals surface area (Å²) in [6.07, 6.45) is 1.83. The number of amides is 2. The van der Waals surface area contributed by atoms with Crippen LogP contribution in [0.25, 0.3) is 11.8 Å². The first-order valence-electron chi connectivity index (χ1n) is 7.91. The molecule has 0 bridgehead atoms. The number of rotatable bonds is 3. The molecule has 0 atom stereocenters. The summed E-state index contributed by atoms with van der Waals surface area (Å²) < 4.78 is 2.15. The van der Waals surface area contributed by atoms with Gasteiger partial charge in [0.2, 0.25) is 0 Å². The van der Waals surface area contributed by atoms with Gasteiger partial charge in [-0.3, -0.25) is 14.5 Å². The summed E-state index contributed by atoms with van der Waals surface area (Å²) in [7, 11) is 0. The molecule has 1 saturated heterocycles. The molecule has 2 amide bonds. The van der Waals surface area contributed by atoms with Crippen molar-refractivity contribution in [3.63, 3.8) is 0 Å². The smallest absolute Gasteiger partial charge is 0.293 e. The van der Waals surface area contributed by atoms with Crippen LogP contribution in [-0.4, -0.2) is 26.7 Å². The lowest BCUT2D eigenvalue weighted by molar-refractivity contribution is -0.123. The highest BCUT2D eigenvalue weighted by Gasteiger charge is 2.36. The van der Waals surface area contributed by atoms with E-state index in [1.165, 1.54) is 4.90 Å². The molecule has 2 heterocycles. The Hall–Kier alpha value is -2.27. The minimum Gasteiger partial charge on any atom is -0.318 e. The molecule has 1 aliphatic heterocycles. The van der Waals surface area contributed by atoms with Crippen LogP contribution in [0, 0.1) is 13.8 Å². The van der Waals surface area contributed by atoms with Gasteiger partial charge in [0.25, 0.3) is 11.1 Å². The van der Waals surface area contributed by atoms with Crippen LogP contribution in [0.4, 0.5) is 4.79 Å². The Morgan fingerprint density at radius 3 is 2.33 bits per heavy atom. The molecule has 1 aromatic heterocycles. The standard InChI is InChI=1S/C19H20N2O2S/c1-12(2)20-18(22)17(24-19(20)23)11-15-10-13(3)21(14(15)4)16-8-6-5-7-9-16/h5-12H,1-4H3/b17-11-. The fraction of sp³-hybridized carbons (Fsp3) is 0.263. The molecular formula is C19H20N2O2S. The second kappa shape index (κ2) is 6.32. The van der Waals surface area contributed by atoms with E-state index in [1.54, 1.807) is 0 Å². The van der Waals surface area contributed by atoms with Crippen LogP contribution in [0.1, 0.15) is 30.8 Å².